The normalized spacial score (nSPS) is 16.2. The van der Waals surface area contributed by atoms with Gasteiger partial charge in [0.2, 0.25) is 0 Å². The van der Waals surface area contributed by atoms with Crippen molar-refractivity contribution in [3.63, 3.8) is 0 Å². The van der Waals surface area contributed by atoms with E-state index in [0.717, 1.165) is 25.0 Å². The van der Waals surface area contributed by atoms with Crippen LogP contribution in [-0.4, -0.2) is 10.9 Å². The zero-order valence-electron chi connectivity index (χ0n) is 8.21. The van der Waals surface area contributed by atoms with Crippen LogP contribution in [0.15, 0.2) is 18.2 Å². The molecule has 1 aromatic carbocycles. The highest BCUT2D eigenvalue weighted by Gasteiger charge is 2.34. The minimum Gasteiger partial charge on any atom is -0.507 e. The summed E-state index contributed by atoms with van der Waals surface area (Å²) in [4.78, 5) is 11.5. The van der Waals surface area contributed by atoms with Gasteiger partial charge in [0, 0.05) is 5.92 Å². The Hall–Kier alpha value is -1.52. The number of benzene rings is 1. The van der Waals surface area contributed by atoms with E-state index in [4.69, 9.17) is 0 Å². The Bertz CT molecular complexity index is 433. The maximum atomic E-state index is 12.3. The van der Waals surface area contributed by atoms with Gasteiger partial charge in [0.25, 0.3) is 0 Å². The van der Waals surface area contributed by atoms with Gasteiger partial charge < -0.3 is 5.11 Å². The van der Waals surface area contributed by atoms with Crippen LogP contribution < -0.4 is 0 Å². The third-order valence-electron chi connectivity index (χ3n) is 2.54. The lowest BCUT2D eigenvalue weighted by Gasteiger charge is -2.09. The van der Waals surface area contributed by atoms with Gasteiger partial charge in [-0.15, -0.1) is 0 Å². The summed E-state index contributed by atoms with van der Waals surface area (Å²) in [6, 6.07) is 2.45. The number of Topliss-reactive ketones (excluding diaryl/α,β-unsaturated/α-hetero) is 1. The first-order valence-corrected chi connectivity index (χ1v) is 4.84. The van der Waals surface area contributed by atoms with E-state index in [1.54, 1.807) is 0 Å². The number of ketones is 1. The lowest BCUT2D eigenvalue weighted by atomic mass is 10.0. The van der Waals surface area contributed by atoms with E-state index in [9.17, 15) is 23.1 Å². The van der Waals surface area contributed by atoms with Gasteiger partial charge in [-0.05, 0) is 31.0 Å². The molecule has 1 aliphatic carbocycles. The molecular formula is C11H9F3O2. The molecule has 0 atom stereocenters. The zero-order chi connectivity index (χ0) is 11.9. The molecule has 16 heavy (non-hydrogen) atoms. The minimum atomic E-state index is -4.50. The van der Waals surface area contributed by atoms with Crippen LogP contribution in [0.4, 0.5) is 13.2 Å². The Labute approximate surface area is 89.7 Å². The van der Waals surface area contributed by atoms with Gasteiger partial charge in [0.15, 0.2) is 5.78 Å². The third kappa shape index (κ3) is 2.03. The summed E-state index contributed by atoms with van der Waals surface area (Å²) in [5.41, 5.74) is -0.965. The van der Waals surface area contributed by atoms with Crippen molar-refractivity contribution in [1.29, 1.82) is 0 Å². The first kappa shape index (κ1) is 11.0. The van der Waals surface area contributed by atoms with Crippen LogP contribution in [0.1, 0.15) is 28.8 Å². The predicted octanol–water partition coefficient (Wildman–Crippen LogP) is 3.00. The molecule has 5 heteroatoms. The molecule has 1 aliphatic rings. The number of phenols is 1. The average Bonchev–Trinajstić information content (AvgIpc) is 2.98. The van der Waals surface area contributed by atoms with Crippen LogP contribution in [0, 0.1) is 5.92 Å². The van der Waals surface area contributed by atoms with Crippen LogP contribution in [0.3, 0.4) is 0 Å². The number of carbonyl (C=O) groups is 1. The molecule has 0 aliphatic heterocycles. The topological polar surface area (TPSA) is 37.3 Å². The molecule has 0 heterocycles. The molecule has 1 fully saturated rings. The van der Waals surface area contributed by atoms with Crippen molar-refractivity contribution in [2.24, 2.45) is 5.92 Å². The van der Waals surface area contributed by atoms with Crippen molar-refractivity contribution < 1.29 is 23.1 Å². The Morgan fingerprint density at radius 3 is 2.38 bits per heavy atom. The maximum absolute atomic E-state index is 12.3. The molecule has 0 radical (unpaired) electrons. The average molecular weight is 230 g/mol. The number of hydrogen-bond acceptors (Lipinski definition) is 2. The summed E-state index contributed by atoms with van der Waals surface area (Å²) in [5.74, 6) is -0.986. The van der Waals surface area contributed by atoms with Gasteiger partial charge in [0.05, 0.1) is 11.1 Å². The summed E-state index contributed by atoms with van der Waals surface area (Å²) >= 11 is 0. The molecule has 1 aromatic rings. The molecule has 0 saturated heterocycles. The highest BCUT2D eigenvalue weighted by Crippen LogP contribution is 2.37. The summed E-state index contributed by atoms with van der Waals surface area (Å²) in [6.45, 7) is 0. The smallest absolute Gasteiger partial charge is 0.416 e. The molecule has 1 saturated carbocycles. The lowest BCUT2D eigenvalue weighted by Crippen LogP contribution is -2.07. The number of halogens is 3. The van der Waals surface area contributed by atoms with Crippen molar-refractivity contribution >= 4 is 5.78 Å². The zero-order valence-corrected chi connectivity index (χ0v) is 8.21. The maximum Gasteiger partial charge on any atom is 0.416 e. The van der Waals surface area contributed by atoms with Crippen molar-refractivity contribution in [2.45, 2.75) is 19.0 Å². The van der Waals surface area contributed by atoms with Gasteiger partial charge in [-0.1, -0.05) is 0 Å². The fourth-order valence-electron chi connectivity index (χ4n) is 1.48. The van der Waals surface area contributed by atoms with E-state index in [1.165, 1.54) is 0 Å². The molecule has 1 N–H and O–H groups in total. The quantitative estimate of drug-likeness (QED) is 0.793. The molecule has 86 valence electrons. The number of aromatic hydroxyl groups is 1. The van der Waals surface area contributed by atoms with E-state index in [-0.39, 0.29) is 17.3 Å². The number of carbonyl (C=O) groups excluding carboxylic acids is 1. The van der Waals surface area contributed by atoms with Crippen molar-refractivity contribution in [3.05, 3.63) is 29.3 Å². The number of hydrogen-bond donors (Lipinski definition) is 1. The van der Waals surface area contributed by atoms with E-state index >= 15 is 0 Å². The SMILES string of the molecule is O=C(c1ccc(C(F)(F)F)cc1O)C1CC1. The van der Waals surface area contributed by atoms with Gasteiger partial charge in [0.1, 0.15) is 5.75 Å². The van der Waals surface area contributed by atoms with E-state index in [1.807, 2.05) is 0 Å². The van der Waals surface area contributed by atoms with Crippen LogP contribution in [0.2, 0.25) is 0 Å². The summed E-state index contributed by atoms with van der Waals surface area (Å²) in [5, 5.41) is 9.38. The van der Waals surface area contributed by atoms with Gasteiger partial charge in [-0.3, -0.25) is 4.79 Å². The van der Waals surface area contributed by atoms with Crippen molar-refractivity contribution in [3.8, 4) is 5.75 Å². The molecule has 0 amide bonds. The van der Waals surface area contributed by atoms with Crippen LogP contribution in [0.5, 0.6) is 5.75 Å². The fraction of sp³-hybridized carbons (Fsp3) is 0.364. The molecule has 2 rings (SSSR count). The molecule has 2 nitrogen and oxygen atoms in total. The minimum absolute atomic E-state index is 0.0181. The Kier molecular flexibility index (Phi) is 2.40. The molecular weight excluding hydrogens is 221 g/mol. The standard InChI is InChI=1S/C11H9F3O2/c12-11(13,14)7-3-4-8(9(15)5-7)10(16)6-1-2-6/h3-6,15H,1-2H2. The molecule has 0 aromatic heterocycles. The highest BCUT2D eigenvalue weighted by molar-refractivity contribution is 6.01. The number of alkyl halides is 3. The predicted molar refractivity (Wildman–Crippen MR) is 50.2 cm³/mol. The van der Waals surface area contributed by atoms with Gasteiger partial charge in [-0.25, -0.2) is 0 Å². The number of rotatable bonds is 2. The fourth-order valence-corrected chi connectivity index (χ4v) is 1.48. The Balaban J connectivity index is 2.33. The first-order valence-electron chi connectivity index (χ1n) is 4.84. The number of phenolic OH excluding ortho intramolecular Hbond substituents is 1. The van der Waals surface area contributed by atoms with Gasteiger partial charge in [-0.2, -0.15) is 13.2 Å². The van der Waals surface area contributed by atoms with Crippen LogP contribution in [-0.2, 0) is 6.18 Å². The summed E-state index contributed by atoms with van der Waals surface area (Å²) in [7, 11) is 0. The van der Waals surface area contributed by atoms with E-state index in [2.05, 4.69) is 0 Å². The van der Waals surface area contributed by atoms with Crippen molar-refractivity contribution in [1.82, 2.24) is 0 Å². The first-order chi connectivity index (χ1) is 7.39. The third-order valence-corrected chi connectivity index (χ3v) is 2.54. The molecule has 0 spiro atoms. The second-order valence-corrected chi connectivity index (χ2v) is 3.87. The van der Waals surface area contributed by atoms with Crippen LogP contribution >= 0.6 is 0 Å². The largest absolute Gasteiger partial charge is 0.507 e. The monoisotopic (exact) mass is 230 g/mol. The molecule has 0 bridgehead atoms. The molecule has 0 unspecified atom stereocenters. The van der Waals surface area contributed by atoms with E-state index in [0.29, 0.717) is 6.07 Å². The lowest BCUT2D eigenvalue weighted by molar-refractivity contribution is -0.137. The second-order valence-electron chi connectivity index (χ2n) is 3.87. The second kappa shape index (κ2) is 3.50. The van der Waals surface area contributed by atoms with E-state index < -0.39 is 17.5 Å². The highest BCUT2D eigenvalue weighted by atomic mass is 19.4. The van der Waals surface area contributed by atoms with Gasteiger partial charge >= 0.3 is 6.18 Å². The Morgan fingerprint density at radius 1 is 1.31 bits per heavy atom. The van der Waals surface area contributed by atoms with Crippen molar-refractivity contribution in [2.75, 3.05) is 0 Å². The summed E-state index contributed by atoms with van der Waals surface area (Å²) < 4.78 is 36.8. The Morgan fingerprint density at radius 2 is 1.94 bits per heavy atom. The summed E-state index contributed by atoms with van der Waals surface area (Å²) in [6.07, 6.45) is -3.00. The van der Waals surface area contributed by atoms with Crippen LogP contribution in [0.25, 0.3) is 0 Å².